The Hall–Kier alpha value is -2.62. The number of amides is 1. The van der Waals surface area contributed by atoms with Crippen LogP contribution in [0.3, 0.4) is 0 Å². The van der Waals surface area contributed by atoms with Crippen molar-refractivity contribution in [2.45, 2.75) is 33.1 Å². The Morgan fingerprint density at radius 1 is 1.12 bits per heavy atom. The monoisotopic (exact) mass is 339 g/mol. The summed E-state index contributed by atoms with van der Waals surface area (Å²) in [5.74, 6) is -0.526. The Bertz CT molecular complexity index is 740. The normalized spacial score (nSPS) is 13.0. The Balaban J connectivity index is 2.31. The predicted molar refractivity (Wildman–Crippen MR) is 99.8 cm³/mol. The van der Waals surface area contributed by atoms with Crippen LogP contribution >= 0.6 is 0 Å². The number of benzene rings is 2. The van der Waals surface area contributed by atoms with Gasteiger partial charge in [0.2, 0.25) is 5.91 Å². The van der Waals surface area contributed by atoms with E-state index in [0.717, 1.165) is 17.5 Å². The summed E-state index contributed by atoms with van der Waals surface area (Å²) in [6.45, 7) is 6.06. The van der Waals surface area contributed by atoms with Crippen LogP contribution < -0.4 is 5.32 Å². The number of methoxy groups -OCH3 is 1. The van der Waals surface area contributed by atoms with Gasteiger partial charge in [-0.3, -0.25) is 4.79 Å². The minimum Gasteiger partial charge on any atom is -0.465 e. The largest absolute Gasteiger partial charge is 0.465 e. The van der Waals surface area contributed by atoms with E-state index in [1.807, 2.05) is 43.3 Å². The lowest BCUT2D eigenvalue weighted by Crippen LogP contribution is -2.26. The molecule has 2 unspecified atom stereocenters. The highest BCUT2D eigenvalue weighted by atomic mass is 16.5. The van der Waals surface area contributed by atoms with Gasteiger partial charge in [0, 0.05) is 5.69 Å². The lowest BCUT2D eigenvalue weighted by molar-refractivity contribution is -0.118. The average molecular weight is 339 g/mol. The van der Waals surface area contributed by atoms with Crippen molar-refractivity contribution in [3.05, 3.63) is 65.2 Å². The maximum atomic E-state index is 13.0. The molecule has 1 amide bonds. The van der Waals surface area contributed by atoms with Crippen molar-refractivity contribution in [1.82, 2.24) is 0 Å². The summed E-state index contributed by atoms with van der Waals surface area (Å²) in [4.78, 5) is 24.7. The van der Waals surface area contributed by atoms with Crippen molar-refractivity contribution in [2.75, 3.05) is 12.4 Å². The first-order chi connectivity index (χ1) is 12.0. The third kappa shape index (κ3) is 4.47. The van der Waals surface area contributed by atoms with Gasteiger partial charge in [-0.2, -0.15) is 0 Å². The summed E-state index contributed by atoms with van der Waals surface area (Å²) in [5.41, 5.74) is 2.95. The number of ether oxygens (including phenoxy) is 1. The molecular weight excluding hydrogens is 314 g/mol. The number of carbonyl (C=O) groups is 2. The van der Waals surface area contributed by atoms with Crippen LogP contribution in [-0.2, 0) is 9.53 Å². The van der Waals surface area contributed by atoms with E-state index >= 15 is 0 Å². The molecule has 132 valence electrons. The zero-order chi connectivity index (χ0) is 18.4. The topological polar surface area (TPSA) is 55.4 Å². The molecule has 0 bridgehead atoms. The highest BCUT2D eigenvalue weighted by Gasteiger charge is 2.26. The van der Waals surface area contributed by atoms with Gasteiger partial charge in [0.15, 0.2) is 0 Å². The van der Waals surface area contributed by atoms with E-state index in [4.69, 9.17) is 4.74 Å². The summed E-state index contributed by atoms with van der Waals surface area (Å²) in [6, 6.07) is 15.0. The molecule has 2 rings (SSSR count). The summed E-state index contributed by atoms with van der Waals surface area (Å²) >= 11 is 0. The van der Waals surface area contributed by atoms with E-state index in [-0.39, 0.29) is 17.7 Å². The van der Waals surface area contributed by atoms with Crippen LogP contribution in [0.5, 0.6) is 0 Å². The van der Waals surface area contributed by atoms with Crippen LogP contribution in [0.2, 0.25) is 0 Å². The molecule has 2 aromatic rings. The number of hydrogen-bond donors (Lipinski definition) is 1. The minimum atomic E-state index is -0.419. The van der Waals surface area contributed by atoms with Gasteiger partial charge >= 0.3 is 5.97 Å². The minimum absolute atomic E-state index is 0.0642. The van der Waals surface area contributed by atoms with E-state index in [2.05, 4.69) is 19.2 Å². The first-order valence-corrected chi connectivity index (χ1v) is 8.52. The number of rotatable bonds is 6. The highest BCUT2D eigenvalue weighted by Crippen LogP contribution is 2.29. The molecule has 2 atom stereocenters. The van der Waals surface area contributed by atoms with Crippen molar-refractivity contribution in [1.29, 1.82) is 0 Å². The molecule has 0 heterocycles. The van der Waals surface area contributed by atoms with E-state index in [1.165, 1.54) is 7.11 Å². The van der Waals surface area contributed by atoms with Crippen LogP contribution in [0, 0.1) is 12.8 Å². The predicted octanol–water partition coefficient (Wildman–Crippen LogP) is 4.55. The molecular formula is C21H25NO3. The Kier molecular flexibility index (Phi) is 6.34. The Morgan fingerprint density at radius 2 is 1.80 bits per heavy atom. The first-order valence-electron chi connectivity index (χ1n) is 8.52. The fraction of sp³-hybridized carbons (Fsp3) is 0.333. The van der Waals surface area contributed by atoms with Gasteiger partial charge in [-0.25, -0.2) is 4.79 Å². The molecule has 25 heavy (non-hydrogen) atoms. The molecule has 0 saturated carbocycles. The van der Waals surface area contributed by atoms with E-state index in [9.17, 15) is 9.59 Å². The quantitative estimate of drug-likeness (QED) is 0.786. The molecule has 2 aromatic carbocycles. The van der Waals surface area contributed by atoms with Crippen molar-refractivity contribution in [3.63, 3.8) is 0 Å². The first kappa shape index (κ1) is 18.7. The van der Waals surface area contributed by atoms with Gasteiger partial charge in [-0.15, -0.1) is 0 Å². The lowest BCUT2D eigenvalue weighted by atomic mass is 9.84. The maximum Gasteiger partial charge on any atom is 0.337 e. The second-order valence-electron chi connectivity index (χ2n) is 6.28. The number of aryl methyl sites for hydroxylation is 1. The van der Waals surface area contributed by atoms with Crippen LogP contribution in [0.4, 0.5) is 5.69 Å². The molecule has 0 aliphatic heterocycles. The smallest absolute Gasteiger partial charge is 0.337 e. The van der Waals surface area contributed by atoms with E-state index in [1.54, 1.807) is 12.1 Å². The standard InChI is InChI=1S/C21H25NO3/c1-5-14(2)19(16-9-7-6-8-10-16)20(23)22-18-13-17(21(24)25-4)12-11-15(18)3/h6-14,19H,5H2,1-4H3,(H,22,23). The van der Waals surface area contributed by atoms with Gasteiger partial charge in [0.25, 0.3) is 0 Å². The van der Waals surface area contributed by atoms with Crippen LogP contribution in [0.15, 0.2) is 48.5 Å². The third-order valence-corrected chi connectivity index (χ3v) is 4.57. The van der Waals surface area contributed by atoms with Crippen LogP contribution in [-0.4, -0.2) is 19.0 Å². The van der Waals surface area contributed by atoms with E-state index in [0.29, 0.717) is 11.3 Å². The average Bonchev–Trinajstić information content (AvgIpc) is 2.63. The zero-order valence-electron chi connectivity index (χ0n) is 15.2. The maximum absolute atomic E-state index is 13.0. The van der Waals surface area contributed by atoms with Crippen LogP contribution in [0.1, 0.15) is 47.7 Å². The molecule has 0 aliphatic rings. The molecule has 0 fully saturated rings. The fourth-order valence-corrected chi connectivity index (χ4v) is 2.85. The molecule has 0 saturated heterocycles. The van der Waals surface area contributed by atoms with Gasteiger partial charge in [0.1, 0.15) is 0 Å². The summed E-state index contributed by atoms with van der Waals surface area (Å²) < 4.78 is 4.76. The SMILES string of the molecule is CCC(C)C(C(=O)Nc1cc(C(=O)OC)ccc1C)c1ccccc1. The van der Waals surface area contributed by atoms with Gasteiger partial charge in [-0.1, -0.05) is 56.7 Å². The van der Waals surface area contributed by atoms with Crippen molar-refractivity contribution >= 4 is 17.6 Å². The van der Waals surface area contributed by atoms with Crippen molar-refractivity contribution < 1.29 is 14.3 Å². The van der Waals surface area contributed by atoms with Crippen molar-refractivity contribution in [3.8, 4) is 0 Å². The lowest BCUT2D eigenvalue weighted by Gasteiger charge is -2.23. The van der Waals surface area contributed by atoms with Crippen molar-refractivity contribution in [2.24, 2.45) is 5.92 Å². The molecule has 0 aromatic heterocycles. The molecule has 4 heteroatoms. The van der Waals surface area contributed by atoms with Gasteiger partial charge in [0.05, 0.1) is 18.6 Å². The summed E-state index contributed by atoms with van der Waals surface area (Å²) in [7, 11) is 1.34. The van der Waals surface area contributed by atoms with E-state index < -0.39 is 5.97 Å². The molecule has 4 nitrogen and oxygen atoms in total. The Labute approximate surface area is 149 Å². The summed E-state index contributed by atoms with van der Waals surface area (Å²) in [5, 5.41) is 3.00. The van der Waals surface area contributed by atoms with Gasteiger partial charge < -0.3 is 10.1 Å². The van der Waals surface area contributed by atoms with Crippen LogP contribution in [0.25, 0.3) is 0 Å². The number of esters is 1. The second-order valence-corrected chi connectivity index (χ2v) is 6.28. The Morgan fingerprint density at radius 3 is 2.40 bits per heavy atom. The number of nitrogens with one attached hydrogen (secondary N) is 1. The second kappa shape index (κ2) is 8.47. The zero-order valence-corrected chi connectivity index (χ0v) is 15.2. The number of carbonyl (C=O) groups excluding carboxylic acids is 2. The molecule has 1 N–H and O–H groups in total. The molecule has 0 spiro atoms. The number of anilines is 1. The fourth-order valence-electron chi connectivity index (χ4n) is 2.85. The third-order valence-electron chi connectivity index (χ3n) is 4.57. The highest BCUT2D eigenvalue weighted by molar-refractivity contribution is 5.98. The van der Waals surface area contributed by atoms with Gasteiger partial charge in [-0.05, 0) is 36.1 Å². The number of hydrogen-bond acceptors (Lipinski definition) is 3. The molecule has 0 aliphatic carbocycles. The summed E-state index contributed by atoms with van der Waals surface area (Å²) in [6.07, 6.45) is 0.897. The molecule has 0 radical (unpaired) electrons.